The van der Waals surface area contributed by atoms with Gasteiger partial charge in [-0.05, 0) is 58.2 Å². The number of hydrogen-bond acceptors (Lipinski definition) is 7. The summed E-state index contributed by atoms with van der Waals surface area (Å²) in [7, 11) is -4.03. The zero-order valence-electron chi connectivity index (χ0n) is 15.7. The van der Waals surface area contributed by atoms with Crippen molar-refractivity contribution < 1.29 is 17.4 Å². The SMILES string of the molecule is CCCC1S/C(=N\N=C\c2cccc(OS(=O)(=O)c3cc(Br)ccc3Br)c2)NC1=O. The molecule has 2 aromatic carbocycles. The van der Waals surface area contributed by atoms with Crippen LogP contribution in [0.2, 0.25) is 0 Å². The fourth-order valence-corrected chi connectivity index (χ4v) is 5.96. The van der Waals surface area contributed by atoms with E-state index in [4.69, 9.17) is 4.18 Å². The quantitative estimate of drug-likeness (QED) is 0.294. The van der Waals surface area contributed by atoms with Gasteiger partial charge in [-0.25, -0.2) is 0 Å². The Hall–Kier alpha value is -1.69. The highest BCUT2D eigenvalue weighted by Crippen LogP contribution is 2.28. The van der Waals surface area contributed by atoms with E-state index in [1.165, 1.54) is 36.2 Å². The fraction of sp³-hybridized carbons (Fsp3) is 0.211. The van der Waals surface area contributed by atoms with Gasteiger partial charge in [-0.3, -0.25) is 4.79 Å². The molecule has 158 valence electrons. The first-order valence-electron chi connectivity index (χ1n) is 8.86. The van der Waals surface area contributed by atoms with Crippen LogP contribution in [0.15, 0.2) is 66.5 Å². The molecule has 1 amide bonds. The number of amidine groups is 1. The van der Waals surface area contributed by atoms with E-state index < -0.39 is 10.1 Å². The van der Waals surface area contributed by atoms with Gasteiger partial charge in [0.2, 0.25) is 5.91 Å². The lowest BCUT2D eigenvalue weighted by atomic mass is 10.2. The van der Waals surface area contributed by atoms with Crippen LogP contribution in [0.3, 0.4) is 0 Å². The third-order valence-corrected chi connectivity index (χ3v) is 7.79. The van der Waals surface area contributed by atoms with Crippen LogP contribution in [-0.4, -0.2) is 31.0 Å². The Labute approximate surface area is 195 Å². The zero-order chi connectivity index (χ0) is 21.7. The van der Waals surface area contributed by atoms with Crippen molar-refractivity contribution in [1.29, 1.82) is 0 Å². The molecule has 1 saturated heterocycles. The van der Waals surface area contributed by atoms with Gasteiger partial charge in [-0.15, -0.1) is 5.10 Å². The normalized spacial score (nSPS) is 18.2. The maximum atomic E-state index is 12.6. The van der Waals surface area contributed by atoms with Crippen LogP contribution in [-0.2, 0) is 14.9 Å². The van der Waals surface area contributed by atoms with Crippen LogP contribution < -0.4 is 9.50 Å². The van der Waals surface area contributed by atoms with Crippen LogP contribution in [0.1, 0.15) is 25.3 Å². The minimum atomic E-state index is -4.03. The molecule has 0 aliphatic carbocycles. The van der Waals surface area contributed by atoms with Crippen LogP contribution in [0.25, 0.3) is 0 Å². The number of carbonyl (C=O) groups is 1. The average Bonchev–Trinajstić information content (AvgIpc) is 3.03. The average molecular weight is 575 g/mol. The lowest BCUT2D eigenvalue weighted by molar-refractivity contribution is -0.118. The number of carbonyl (C=O) groups excluding carboxylic acids is 1. The van der Waals surface area contributed by atoms with Gasteiger partial charge in [0.15, 0.2) is 5.17 Å². The maximum absolute atomic E-state index is 12.6. The van der Waals surface area contributed by atoms with Crippen molar-refractivity contribution in [2.24, 2.45) is 10.2 Å². The largest absolute Gasteiger partial charge is 0.379 e. The molecule has 3 rings (SSSR count). The molecule has 2 aromatic rings. The summed E-state index contributed by atoms with van der Waals surface area (Å²) in [6, 6.07) is 11.3. The molecule has 1 N–H and O–H groups in total. The number of thioether (sulfide) groups is 1. The van der Waals surface area contributed by atoms with E-state index in [0.717, 1.165) is 12.8 Å². The molecule has 30 heavy (non-hydrogen) atoms. The number of amides is 1. The molecule has 7 nitrogen and oxygen atoms in total. The minimum Gasteiger partial charge on any atom is -0.379 e. The molecule has 1 aliphatic rings. The molecule has 0 bridgehead atoms. The van der Waals surface area contributed by atoms with Gasteiger partial charge in [-0.1, -0.05) is 53.2 Å². The number of rotatable bonds is 7. The summed E-state index contributed by atoms with van der Waals surface area (Å²) in [5, 5.41) is 11.0. The van der Waals surface area contributed by atoms with E-state index in [1.54, 1.807) is 24.3 Å². The van der Waals surface area contributed by atoms with Gasteiger partial charge in [0.25, 0.3) is 0 Å². The summed E-state index contributed by atoms with van der Waals surface area (Å²) < 4.78 is 31.5. The van der Waals surface area contributed by atoms with Gasteiger partial charge in [0.05, 0.1) is 11.5 Å². The molecule has 1 unspecified atom stereocenters. The van der Waals surface area contributed by atoms with Crippen molar-refractivity contribution in [1.82, 2.24) is 5.32 Å². The van der Waals surface area contributed by atoms with Gasteiger partial charge in [0, 0.05) is 8.95 Å². The monoisotopic (exact) mass is 573 g/mol. The van der Waals surface area contributed by atoms with E-state index in [9.17, 15) is 13.2 Å². The molecule has 0 saturated carbocycles. The summed E-state index contributed by atoms with van der Waals surface area (Å²) in [5.41, 5.74) is 0.597. The third kappa shape index (κ3) is 5.93. The molecule has 0 radical (unpaired) electrons. The lowest BCUT2D eigenvalue weighted by Crippen LogP contribution is -2.24. The van der Waals surface area contributed by atoms with Gasteiger partial charge >= 0.3 is 10.1 Å². The Balaban J connectivity index is 1.72. The van der Waals surface area contributed by atoms with E-state index >= 15 is 0 Å². The number of benzene rings is 2. The predicted octanol–water partition coefficient (Wildman–Crippen LogP) is 4.70. The van der Waals surface area contributed by atoms with Crippen LogP contribution >= 0.6 is 43.6 Å². The van der Waals surface area contributed by atoms with Crippen molar-refractivity contribution in [2.75, 3.05) is 0 Å². The Morgan fingerprint density at radius 3 is 2.80 bits per heavy atom. The summed E-state index contributed by atoms with van der Waals surface area (Å²) in [4.78, 5) is 11.8. The molecular weight excluding hydrogens is 558 g/mol. The topological polar surface area (TPSA) is 97.2 Å². The van der Waals surface area contributed by atoms with Crippen molar-refractivity contribution in [3.05, 3.63) is 57.0 Å². The summed E-state index contributed by atoms with van der Waals surface area (Å²) in [6.07, 6.45) is 3.15. The molecule has 11 heteroatoms. The Morgan fingerprint density at radius 1 is 1.23 bits per heavy atom. The zero-order valence-corrected chi connectivity index (χ0v) is 20.5. The van der Waals surface area contributed by atoms with Gasteiger partial charge in [-0.2, -0.15) is 13.5 Å². The molecule has 1 fully saturated rings. The fourth-order valence-electron chi connectivity index (χ4n) is 2.54. The molecule has 1 atom stereocenters. The van der Waals surface area contributed by atoms with Crippen LogP contribution in [0.4, 0.5) is 0 Å². The number of nitrogens with zero attached hydrogens (tertiary/aromatic N) is 2. The lowest BCUT2D eigenvalue weighted by Gasteiger charge is -2.09. The third-order valence-electron chi connectivity index (χ3n) is 3.91. The van der Waals surface area contributed by atoms with Gasteiger partial charge in [0.1, 0.15) is 10.6 Å². The first-order valence-corrected chi connectivity index (χ1v) is 12.7. The summed E-state index contributed by atoms with van der Waals surface area (Å²) in [6.45, 7) is 2.02. The predicted molar refractivity (Wildman–Crippen MR) is 126 cm³/mol. The highest BCUT2D eigenvalue weighted by atomic mass is 79.9. The minimum absolute atomic E-state index is 0.0120. The second-order valence-electron chi connectivity index (χ2n) is 6.22. The Morgan fingerprint density at radius 2 is 2.03 bits per heavy atom. The van der Waals surface area contributed by atoms with Crippen molar-refractivity contribution in [2.45, 2.75) is 29.9 Å². The van der Waals surface area contributed by atoms with Crippen LogP contribution in [0, 0.1) is 0 Å². The van der Waals surface area contributed by atoms with E-state index in [2.05, 4.69) is 47.4 Å². The molecule has 1 heterocycles. The Kier molecular flexibility index (Phi) is 7.72. The van der Waals surface area contributed by atoms with E-state index in [-0.39, 0.29) is 21.8 Å². The van der Waals surface area contributed by atoms with Crippen LogP contribution in [0.5, 0.6) is 5.75 Å². The first-order chi connectivity index (χ1) is 14.3. The van der Waals surface area contributed by atoms with Crippen molar-refractivity contribution in [3.8, 4) is 5.75 Å². The highest BCUT2D eigenvalue weighted by Gasteiger charge is 2.29. The number of nitrogens with one attached hydrogen (secondary N) is 1. The standard InChI is InChI=1S/C19H17Br2N3O4S2/c1-2-4-16-18(25)23-19(29-16)24-22-11-12-5-3-6-14(9-12)28-30(26,27)17-10-13(20)7-8-15(17)21/h3,5-11,16H,2,4H2,1H3,(H,23,24,25)/b22-11+. The summed E-state index contributed by atoms with van der Waals surface area (Å²) in [5.74, 6) is 0.0835. The van der Waals surface area contributed by atoms with E-state index in [0.29, 0.717) is 19.7 Å². The molecule has 0 spiro atoms. The first kappa shape index (κ1) is 23.0. The smallest absolute Gasteiger partial charge is 0.340 e. The number of hydrogen-bond donors (Lipinski definition) is 1. The molecule has 1 aliphatic heterocycles. The number of halogens is 2. The Bertz CT molecular complexity index is 1120. The maximum Gasteiger partial charge on any atom is 0.340 e. The summed E-state index contributed by atoms with van der Waals surface area (Å²) >= 11 is 7.84. The van der Waals surface area contributed by atoms with Crippen molar-refractivity contribution in [3.63, 3.8) is 0 Å². The van der Waals surface area contributed by atoms with Crippen molar-refractivity contribution >= 4 is 71.0 Å². The molecule has 0 aromatic heterocycles. The second-order valence-corrected chi connectivity index (χ2v) is 10.7. The second kappa shape index (κ2) is 10.1. The highest BCUT2D eigenvalue weighted by molar-refractivity contribution is 9.11. The van der Waals surface area contributed by atoms with Gasteiger partial charge < -0.3 is 9.50 Å². The van der Waals surface area contributed by atoms with E-state index in [1.807, 2.05) is 6.92 Å². The molecular formula is C19H17Br2N3O4S2.